The molecule has 1 aromatic heterocycles. The highest BCUT2D eigenvalue weighted by Crippen LogP contribution is 2.30. The van der Waals surface area contributed by atoms with E-state index in [-0.39, 0.29) is 5.91 Å². The second kappa shape index (κ2) is 8.31. The van der Waals surface area contributed by atoms with Gasteiger partial charge in [0.25, 0.3) is 5.91 Å². The zero-order valence-corrected chi connectivity index (χ0v) is 17.2. The molecule has 2 aromatic carbocycles. The maximum absolute atomic E-state index is 13.1. The Balaban J connectivity index is 1.25. The van der Waals surface area contributed by atoms with Crippen LogP contribution in [0.15, 0.2) is 72.9 Å². The van der Waals surface area contributed by atoms with Gasteiger partial charge in [-0.1, -0.05) is 48.5 Å². The van der Waals surface area contributed by atoms with Crippen molar-refractivity contribution in [1.82, 2.24) is 4.98 Å². The number of nitrogens with zero attached hydrogens (tertiary/aromatic N) is 3. The lowest BCUT2D eigenvalue weighted by atomic mass is 9.90. The number of aromatic nitrogens is 1. The van der Waals surface area contributed by atoms with Gasteiger partial charge in [0.05, 0.1) is 0 Å². The molecule has 152 valence electrons. The Morgan fingerprint density at radius 3 is 2.53 bits per heavy atom. The summed E-state index contributed by atoms with van der Waals surface area (Å²) in [6.07, 6.45) is 6.21. The molecule has 3 aromatic rings. The average Bonchev–Trinajstić information content (AvgIpc) is 3.24. The maximum Gasteiger partial charge on any atom is 0.276 e. The van der Waals surface area contributed by atoms with Crippen LogP contribution in [-0.2, 0) is 12.8 Å². The highest BCUT2D eigenvalue weighted by molar-refractivity contribution is 6.06. The molecule has 0 bridgehead atoms. The highest BCUT2D eigenvalue weighted by Gasteiger charge is 2.27. The molecule has 0 radical (unpaired) electrons. The normalized spacial score (nSPS) is 16.5. The van der Waals surface area contributed by atoms with E-state index in [1.54, 1.807) is 6.20 Å². The number of rotatable bonds is 4. The van der Waals surface area contributed by atoms with Gasteiger partial charge in [-0.25, -0.2) is 0 Å². The van der Waals surface area contributed by atoms with Gasteiger partial charge in [0, 0.05) is 37.2 Å². The first kappa shape index (κ1) is 18.9. The van der Waals surface area contributed by atoms with Crippen LogP contribution in [0.2, 0.25) is 0 Å². The Kier molecular flexibility index (Phi) is 5.22. The Morgan fingerprint density at radius 1 is 0.933 bits per heavy atom. The molecular weight excluding hydrogens is 370 g/mol. The maximum atomic E-state index is 13.1. The summed E-state index contributed by atoms with van der Waals surface area (Å²) in [5.41, 5.74) is 5.34. The van der Waals surface area contributed by atoms with Gasteiger partial charge in [-0.2, -0.15) is 0 Å². The van der Waals surface area contributed by atoms with E-state index in [1.165, 1.54) is 24.0 Å². The number of hydrogen-bond donors (Lipinski definition) is 0. The summed E-state index contributed by atoms with van der Waals surface area (Å²) in [4.78, 5) is 21.8. The minimum Gasteiger partial charge on any atom is -0.371 e. The third-order valence-electron chi connectivity index (χ3n) is 6.44. The highest BCUT2D eigenvalue weighted by atomic mass is 16.2. The predicted octanol–water partition coefficient (Wildman–Crippen LogP) is 4.74. The van der Waals surface area contributed by atoms with Crippen molar-refractivity contribution in [2.75, 3.05) is 29.4 Å². The standard InChI is InChI=1S/C26H27N3O/c30-26(29-17-13-22-8-4-5-9-25(22)29)24-19-23(10-14-27-24)28-15-11-21(12-16-28)18-20-6-2-1-3-7-20/h1-10,14,19,21H,11-13,15-18H2. The molecule has 0 atom stereocenters. The van der Waals surface area contributed by atoms with Crippen LogP contribution < -0.4 is 9.80 Å². The van der Waals surface area contributed by atoms with E-state index < -0.39 is 0 Å². The monoisotopic (exact) mass is 397 g/mol. The van der Waals surface area contributed by atoms with Gasteiger partial charge in [0.1, 0.15) is 5.69 Å². The van der Waals surface area contributed by atoms with E-state index >= 15 is 0 Å². The molecule has 0 aliphatic carbocycles. The number of piperidine rings is 1. The third kappa shape index (κ3) is 3.82. The smallest absolute Gasteiger partial charge is 0.276 e. The SMILES string of the molecule is O=C(c1cc(N2CCC(Cc3ccccc3)CC2)ccn1)N1CCc2ccccc21. The lowest BCUT2D eigenvalue weighted by Crippen LogP contribution is -2.35. The largest absolute Gasteiger partial charge is 0.371 e. The molecule has 4 heteroatoms. The minimum absolute atomic E-state index is 0.000707. The predicted molar refractivity (Wildman–Crippen MR) is 121 cm³/mol. The van der Waals surface area contributed by atoms with E-state index in [0.717, 1.165) is 49.8 Å². The van der Waals surface area contributed by atoms with Crippen molar-refractivity contribution in [3.8, 4) is 0 Å². The summed E-state index contributed by atoms with van der Waals surface area (Å²) in [6.45, 7) is 2.79. The van der Waals surface area contributed by atoms with Gasteiger partial charge in [0.2, 0.25) is 0 Å². The summed E-state index contributed by atoms with van der Waals surface area (Å²) >= 11 is 0. The number of carbonyl (C=O) groups is 1. The number of para-hydroxylation sites is 1. The second-order valence-corrected chi connectivity index (χ2v) is 8.35. The first-order valence-electron chi connectivity index (χ1n) is 10.9. The van der Waals surface area contributed by atoms with Gasteiger partial charge in [0.15, 0.2) is 0 Å². The van der Waals surface area contributed by atoms with Crippen LogP contribution in [0.4, 0.5) is 11.4 Å². The van der Waals surface area contributed by atoms with Crippen LogP contribution >= 0.6 is 0 Å². The van der Waals surface area contributed by atoms with Crippen molar-refractivity contribution >= 4 is 17.3 Å². The van der Waals surface area contributed by atoms with Crippen molar-refractivity contribution in [1.29, 1.82) is 0 Å². The van der Waals surface area contributed by atoms with Crippen molar-refractivity contribution in [2.45, 2.75) is 25.7 Å². The quantitative estimate of drug-likeness (QED) is 0.638. The van der Waals surface area contributed by atoms with Crippen LogP contribution in [0.3, 0.4) is 0 Å². The molecule has 5 rings (SSSR count). The van der Waals surface area contributed by atoms with Crippen LogP contribution in [0.5, 0.6) is 0 Å². The molecule has 0 spiro atoms. The molecule has 1 fully saturated rings. The minimum atomic E-state index is 0.000707. The molecule has 0 saturated carbocycles. The van der Waals surface area contributed by atoms with E-state index in [4.69, 9.17) is 0 Å². The second-order valence-electron chi connectivity index (χ2n) is 8.35. The molecule has 2 aliphatic heterocycles. The average molecular weight is 398 g/mol. The molecule has 30 heavy (non-hydrogen) atoms. The fourth-order valence-electron chi connectivity index (χ4n) is 4.76. The topological polar surface area (TPSA) is 36.4 Å². The Labute approximate surface area is 178 Å². The number of anilines is 2. The molecule has 4 nitrogen and oxygen atoms in total. The van der Waals surface area contributed by atoms with Crippen molar-refractivity contribution in [2.24, 2.45) is 5.92 Å². The summed E-state index contributed by atoms with van der Waals surface area (Å²) in [6, 6.07) is 22.9. The fraction of sp³-hybridized carbons (Fsp3) is 0.308. The van der Waals surface area contributed by atoms with Crippen LogP contribution in [0.1, 0.15) is 34.5 Å². The number of carbonyl (C=O) groups excluding carboxylic acids is 1. The van der Waals surface area contributed by atoms with Crippen LogP contribution in [0.25, 0.3) is 0 Å². The summed E-state index contributed by atoms with van der Waals surface area (Å²) in [5, 5.41) is 0. The van der Waals surface area contributed by atoms with Crippen molar-refractivity contribution in [3.05, 3.63) is 89.7 Å². The summed E-state index contributed by atoms with van der Waals surface area (Å²) in [5.74, 6) is 0.730. The van der Waals surface area contributed by atoms with Gasteiger partial charge in [-0.15, -0.1) is 0 Å². The number of amides is 1. The Hall–Kier alpha value is -3.14. The molecule has 0 unspecified atom stereocenters. The Morgan fingerprint density at radius 2 is 1.70 bits per heavy atom. The third-order valence-corrected chi connectivity index (χ3v) is 6.44. The van der Waals surface area contributed by atoms with Crippen molar-refractivity contribution in [3.63, 3.8) is 0 Å². The number of benzene rings is 2. The van der Waals surface area contributed by atoms with Gasteiger partial charge in [-0.05, 0) is 60.9 Å². The fourth-order valence-corrected chi connectivity index (χ4v) is 4.76. The van der Waals surface area contributed by atoms with Gasteiger partial charge < -0.3 is 9.80 Å². The lowest BCUT2D eigenvalue weighted by Gasteiger charge is -2.34. The first-order valence-corrected chi connectivity index (χ1v) is 10.9. The number of pyridine rings is 1. The molecular formula is C26H27N3O. The zero-order valence-electron chi connectivity index (χ0n) is 17.2. The van der Waals surface area contributed by atoms with E-state index in [1.807, 2.05) is 35.2 Å². The zero-order chi connectivity index (χ0) is 20.3. The molecule has 3 heterocycles. The van der Waals surface area contributed by atoms with Gasteiger partial charge >= 0.3 is 0 Å². The van der Waals surface area contributed by atoms with Crippen LogP contribution in [-0.4, -0.2) is 30.5 Å². The van der Waals surface area contributed by atoms with Crippen LogP contribution in [0, 0.1) is 5.92 Å². The number of hydrogen-bond acceptors (Lipinski definition) is 3. The molecule has 1 amide bonds. The Bertz CT molecular complexity index is 1030. The molecule has 1 saturated heterocycles. The molecule has 0 N–H and O–H groups in total. The van der Waals surface area contributed by atoms with Crippen molar-refractivity contribution < 1.29 is 4.79 Å². The summed E-state index contributed by atoms with van der Waals surface area (Å²) in [7, 11) is 0. The lowest BCUT2D eigenvalue weighted by molar-refractivity contribution is 0.0984. The van der Waals surface area contributed by atoms with Gasteiger partial charge in [-0.3, -0.25) is 9.78 Å². The number of fused-ring (bicyclic) bond motifs is 1. The van der Waals surface area contributed by atoms with E-state index in [9.17, 15) is 4.79 Å². The van der Waals surface area contributed by atoms with E-state index in [2.05, 4.69) is 46.3 Å². The first-order chi connectivity index (χ1) is 14.8. The molecule has 2 aliphatic rings. The summed E-state index contributed by atoms with van der Waals surface area (Å²) < 4.78 is 0. The van der Waals surface area contributed by atoms with E-state index in [0.29, 0.717) is 5.69 Å².